The number of hydrogen-bond donors (Lipinski definition) is 1. The number of methoxy groups -OCH3 is 1. The maximum atomic E-state index is 10.7. The zero-order chi connectivity index (χ0) is 20.6. The average molecular weight is 401 g/mol. The summed E-state index contributed by atoms with van der Waals surface area (Å²) in [6.07, 6.45) is 15.5. The van der Waals surface area contributed by atoms with E-state index in [2.05, 4.69) is 33.8 Å². The predicted molar refractivity (Wildman–Crippen MR) is 119 cm³/mol. The van der Waals surface area contributed by atoms with Gasteiger partial charge in [0, 0.05) is 12.5 Å². The van der Waals surface area contributed by atoms with Gasteiger partial charge in [-0.25, -0.2) is 0 Å². The van der Waals surface area contributed by atoms with Crippen LogP contribution >= 0.6 is 0 Å². The first-order chi connectivity index (χ1) is 13.8. The SMILES string of the molecule is CO[C@@H]1C[C@H]2[C@@H]3CC/C(=C\[C@H](O)CCC(C)C)[C@@]3(C)CC[C@@H]2[C@@]2(C)CC[C@@H]3C[C@]312. The molecule has 0 unspecified atom stereocenters. The molecule has 29 heavy (non-hydrogen) atoms. The van der Waals surface area contributed by atoms with Crippen molar-refractivity contribution in [2.24, 2.45) is 45.8 Å². The molecule has 0 aromatic heterocycles. The molecule has 9 atom stereocenters. The van der Waals surface area contributed by atoms with Gasteiger partial charge in [-0.15, -0.1) is 0 Å². The van der Waals surface area contributed by atoms with Gasteiger partial charge in [0.2, 0.25) is 0 Å². The van der Waals surface area contributed by atoms with Crippen LogP contribution in [0.4, 0.5) is 0 Å². The molecule has 2 heteroatoms. The number of fused-ring (bicyclic) bond motifs is 4. The molecule has 0 radical (unpaired) electrons. The summed E-state index contributed by atoms with van der Waals surface area (Å²) in [6.45, 7) is 9.71. The van der Waals surface area contributed by atoms with E-state index in [1.54, 1.807) is 5.57 Å². The average Bonchev–Trinajstić information content (AvgIpc) is 3.21. The summed E-state index contributed by atoms with van der Waals surface area (Å²) >= 11 is 0. The molecule has 5 aliphatic carbocycles. The highest BCUT2D eigenvalue weighted by Gasteiger charge is 2.77. The van der Waals surface area contributed by atoms with E-state index < -0.39 is 0 Å². The topological polar surface area (TPSA) is 29.5 Å². The van der Waals surface area contributed by atoms with Crippen molar-refractivity contribution in [1.82, 2.24) is 0 Å². The zero-order valence-electron chi connectivity index (χ0n) is 19.5. The Morgan fingerprint density at radius 2 is 1.90 bits per heavy atom. The van der Waals surface area contributed by atoms with Crippen LogP contribution in [0, 0.1) is 45.8 Å². The first kappa shape index (κ1) is 20.6. The minimum atomic E-state index is -0.249. The van der Waals surface area contributed by atoms with Crippen molar-refractivity contribution in [3.05, 3.63) is 11.6 Å². The first-order valence-electron chi connectivity index (χ1n) is 12.7. The van der Waals surface area contributed by atoms with Crippen molar-refractivity contribution in [1.29, 1.82) is 0 Å². The molecule has 0 aromatic rings. The molecule has 5 saturated carbocycles. The number of aliphatic hydroxyl groups excluding tert-OH is 1. The summed E-state index contributed by atoms with van der Waals surface area (Å²) in [4.78, 5) is 0. The largest absolute Gasteiger partial charge is 0.389 e. The summed E-state index contributed by atoms with van der Waals surface area (Å²) in [5.41, 5.74) is 2.96. The third-order valence-corrected chi connectivity index (χ3v) is 11.1. The molecule has 5 rings (SSSR count). The highest BCUT2D eigenvalue weighted by atomic mass is 16.5. The number of aliphatic hydroxyl groups is 1. The maximum Gasteiger partial charge on any atom is 0.0723 e. The molecule has 1 N–H and O–H groups in total. The fourth-order valence-electron chi connectivity index (χ4n) is 9.52. The highest BCUT2D eigenvalue weighted by molar-refractivity contribution is 5.29. The predicted octanol–water partition coefficient (Wildman–Crippen LogP) is 6.38. The van der Waals surface area contributed by atoms with E-state index >= 15 is 0 Å². The maximum absolute atomic E-state index is 10.7. The molecular weight excluding hydrogens is 356 g/mol. The van der Waals surface area contributed by atoms with Crippen LogP contribution in [-0.2, 0) is 4.74 Å². The van der Waals surface area contributed by atoms with Crippen molar-refractivity contribution < 1.29 is 9.84 Å². The Morgan fingerprint density at radius 1 is 1.10 bits per heavy atom. The molecular formula is C27H44O2. The lowest BCUT2D eigenvalue weighted by molar-refractivity contribution is -0.152. The second-order valence-electron chi connectivity index (χ2n) is 12.5. The van der Waals surface area contributed by atoms with Gasteiger partial charge in [0.25, 0.3) is 0 Å². The van der Waals surface area contributed by atoms with Gasteiger partial charge in [-0.2, -0.15) is 0 Å². The van der Waals surface area contributed by atoms with Crippen molar-refractivity contribution in [2.75, 3.05) is 7.11 Å². The summed E-state index contributed by atoms with van der Waals surface area (Å²) in [7, 11) is 1.99. The number of allylic oxidation sites excluding steroid dienone is 1. The Labute approximate surface area is 178 Å². The smallest absolute Gasteiger partial charge is 0.0723 e. The Bertz CT molecular complexity index is 682. The van der Waals surface area contributed by atoms with E-state index in [4.69, 9.17) is 4.74 Å². The van der Waals surface area contributed by atoms with Crippen molar-refractivity contribution >= 4 is 0 Å². The Balaban J connectivity index is 1.39. The number of hydrogen-bond acceptors (Lipinski definition) is 2. The van der Waals surface area contributed by atoms with E-state index in [1.807, 2.05) is 7.11 Å². The lowest BCUT2D eigenvalue weighted by Gasteiger charge is -2.60. The third-order valence-electron chi connectivity index (χ3n) is 11.1. The van der Waals surface area contributed by atoms with E-state index in [1.165, 1.54) is 51.4 Å². The Hall–Kier alpha value is -0.340. The van der Waals surface area contributed by atoms with Gasteiger partial charge in [0.1, 0.15) is 0 Å². The van der Waals surface area contributed by atoms with Crippen LogP contribution in [0.2, 0.25) is 0 Å². The first-order valence-corrected chi connectivity index (χ1v) is 12.7. The van der Waals surface area contributed by atoms with Gasteiger partial charge < -0.3 is 9.84 Å². The molecule has 0 aromatic carbocycles. The molecule has 0 saturated heterocycles. The fourth-order valence-corrected chi connectivity index (χ4v) is 9.52. The molecule has 5 fully saturated rings. The second kappa shape index (κ2) is 6.83. The van der Waals surface area contributed by atoms with E-state index in [-0.39, 0.29) is 6.10 Å². The highest BCUT2D eigenvalue weighted by Crippen LogP contribution is 2.82. The monoisotopic (exact) mass is 400 g/mol. The minimum absolute atomic E-state index is 0.249. The molecule has 0 heterocycles. The molecule has 1 spiro atoms. The third kappa shape index (κ3) is 2.73. The second-order valence-corrected chi connectivity index (χ2v) is 12.5. The van der Waals surface area contributed by atoms with Crippen molar-refractivity contribution in [3.8, 4) is 0 Å². The van der Waals surface area contributed by atoms with Crippen LogP contribution in [0.15, 0.2) is 11.6 Å². The van der Waals surface area contributed by atoms with E-state index in [9.17, 15) is 5.11 Å². The van der Waals surface area contributed by atoms with Crippen LogP contribution in [0.5, 0.6) is 0 Å². The van der Waals surface area contributed by atoms with Gasteiger partial charge in [0.05, 0.1) is 12.2 Å². The van der Waals surface area contributed by atoms with E-state index in [0.717, 1.165) is 36.5 Å². The zero-order valence-corrected chi connectivity index (χ0v) is 19.5. The Kier molecular flexibility index (Phi) is 4.84. The molecule has 5 aliphatic rings. The van der Waals surface area contributed by atoms with Crippen LogP contribution in [-0.4, -0.2) is 24.4 Å². The molecule has 0 bridgehead atoms. The summed E-state index contributed by atoms with van der Waals surface area (Å²) in [5.74, 6) is 4.16. The van der Waals surface area contributed by atoms with Crippen LogP contribution in [0.25, 0.3) is 0 Å². The van der Waals surface area contributed by atoms with Crippen molar-refractivity contribution in [2.45, 2.75) is 104 Å². The van der Waals surface area contributed by atoms with Gasteiger partial charge in [0.15, 0.2) is 0 Å². The van der Waals surface area contributed by atoms with Gasteiger partial charge >= 0.3 is 0 Å². The van der Waals surface area contributed by atoms with Gasteiger partial charge in [-0.3, -0.25) is 0 Å². The Morgan fingerprint density at radius 3 is 2.59 bits per heavy atom. The summed E-state index contributed by atoms with van der Waals surface area (Å²) in [5, 5.41) is 10.7. The molecule has 0 aliphatic heterocycles. The number of rotatable bonds is 5. The summed E-state index contributed by atoms with van der Waals surface area (Å²) in [6, 6.07) is 0. The quantitative estimate of drug-likeness (QED) is 0.543. The molecule has 164 valence electrons. The van der Waals surface area contributed by atoms with Crippen LogP contribution in [0.1, 0.15) is 91.9 Å². The molecule has 0 amide bonds. The summed E-state index contributed by atoms with van der Waals surface area (Å²) < 4.78 is 6.24. The standard InChI is InChI=1S/C27H44O2/c1-17(2)6-8-20(28)14-18-7-9-22-21-15-24(29-5)27-16-19(27)10-13-26(27,4)23(21)11-12-25(18,22)3/h14,17,19-24,28H,6-13,15-16H2,1-5H3/b18-14+/t19-,20-,21+,22+,23+,24-,25-,26-,27+/m1/s1. The van der Waals surface area contributed by atoms with Gasteiger partial charge in [-0.1, -0.05) is 39.3 Å². The lowest BCUT2D eigenvalue weighted by Crippen LogP contribution is -2.56. The van der Waals surface area contributed by atoms with Crippen LogP contribution in [0.3, 0.4) is 0 Å². The molecule has 2 nitrogen and oxygen atoms in total. The number of ether oxygens (including phenoxy) is 1. The van der Waals surface area contributed by atoms with Crippen LogP contribution < -0.4 is 0 Å². The lowest BCUT2D eigenvalue weighted by atomic mass is 9.46. The van der Waals surface area contributed by atoms with Gasteiger partial charge in [-0.05, 0) is 105 Å². The van der Waals surface area contributed by atoms with Crippen molar-refractivity contribution in [3.63, 3.8) is 0 Å². The minimum Gasteiger partial charge on any atom is -0.389 e. The fraction of sp³-hybridized carbons (Fsp3) is 0.926. The van der Waals surface area contributed by atoms with E-state index in [0.29, 0.717) is 28.3 Å². The normalized spacial score (nSPS) is 52.8.